The summed E-state index contributed by atoms with van der Waals surface area (Å²) in [6.45, 7) is 4.09. The van der Waals surface area contributed by atoms with Crippen molar-refractivity contribution in [2.24, 2.45) is 0 Å². The first-order valence-electron chi connectivity index (χ1n) is 4.09. The van der Waals surface area contributed by atoms with Crippen LogP contribution in [-0.4, -0.2) is 6.04 Å². The van der Waals surface area contributed by atoms with E-state index in [1.165, 1.54) is 0 Å². The van der Waals surface area contributed by atoms with Crippen molar-refractivity contribution in [3.05, 3.63) is 28.2 Å². The molecule has 0 saturated heterocycles. The van der Waals surface area contributed by atoms with E-state index in [-0.39, 0.29) is 0 Å². The van der Waals surface area contributed by atoms with Crippen LogP contribution in [-0.2, 0) is 0 Å². The minimum absolute atomic E-state index is 0.335. The molecule has 0 amide bonds. The van der Waals surface area contributed by atoms with Gasteiger partial charge >= 0.3 is 0 Å². The van der Waals surface area contributed by atoms with Crippen LogP contribution in [0.25, 0.3) is 0 Å². The van der Waals surface area contributed by atoms with Gasteiger partial charge in [-0.15, -0.1) is 0 Å². The first kappa shape index (κ1) is 10.1. The Kier molecular flexibility index (Phi) is 3.32. The molecule has 1 aromatic carbocycles. The van der Waals surface area contributed by atoms with Gasteiger partial charge in [0.05, 0.1) is 11.3 Å². The number of benzene rings is 1. The fraction of sp³-hybridized carbons (Fsp3) is 0.300. The minimum atomic E-state index is 0.335. The lowest BCUT2D eigenvalue weighted by Gasteiger charge is -2.11. The van der Waals surface area contributed by atoms with Gasteiger partial charge < -0.3 is 5.32 Å². The Hall–Kier alpha value is -1.01. The molecule has 1 aromatic rings. The third kappa shape index (κ3) is 2.74. The number of hydrogen-bond acceptors (Lipinski definition) is 2. The van der Waals surface area contributed by atoms with Crippen LogP contribution in [0.3, 0.4) is 0 Å². The summed E-state index contributed by atoms with van der Waals surface area (Å²) >= 11 is 3.37. The van der Waals surface area contributed by atoms with E-state index in [1.807, 2.05) is 26.0 Å². The molecule has 0 atom stereocenters. The highest BCUT2D eigenvalue weighted by Crippen LogP contribution is 2.21. The minimum Gasteiger partial charge on any atom is -0.382 e. The highest BCUT2D eigenvalue weighted by molar-refractivity contribution is 9.10. The number of nitriles is 1. The third-order valence-electron chi connectivity index (χ3n) is 1.55. The van der Waals surface area contributed by atoms with Crippen molar-refractivity contribution < 1.29 is 0 Å². The van der Waals surface area contributed by atoms with Gasteiger partial charge in [0, 0.05) is 10.5 Å². The van der Waals surface area contributed by atoms with Gasteiger partial charge in [-0.3, -0.25) is 0 Å². The van der Waals surface area contributed by atoms with Crippen LogP contribution in [0.1, 0.15) is 19.4 Å². The van der Waals surface area contributed by atoms with E-state index in [0.29, 0.717) is 11.6 Å². The second-order valence-corrected chi connectivity index (χ2v) is 4.02. The molecule has 0 aliphatic carbocycles. The van der Waals surface area contributed by atoms with Gasteiger partial charge in [0.1, 0.15) is 6.07 Å². The van der Waals surface area contributed by atoms with Crippen molar-refractivity contribution >= 4 is 21.6 Å². The molecule has 3 heteroatoms. The van der Waals surface area contributed by atoms with E-state index in [1.54, 1.807) is 6.07 Å². The monoisotopic (exact) mass is 238 g/mol. The fourth-order valence-electron chi connectivity index (χ4n) is 1.04. The summed E-state index contributed by atoms with van der Waals surface area (Å²) in [5.74, 6) is 0. The van der Waals surface area contributed by atoms with E-state index in [0.717, 1.165) is 10.2 Å². The Morgan fingerprint density at radius 2 is 2.15 bits per heavy atom. The topological polar surface area (TPSA) is 35.8 Å². The van der Waals surface area contributed by atoms with Crippen molar-refractivity contribution in [3.8, 4) is 6.07 Å². The molecular weight excluding hydrogens is 228 g/mol. The van der Waals surface area contributed by atoms with Crippen LogP contribution in [0.5, 0.6) is 0 Å². The first-order chi connectivity index (χ1) is 6.13. The van der Waals surface area contributed by atoms with Gasteiger partial charge in [0.25, 0.3) is 0 Å². The lowest BCUT2D eigenvalue weighted by Crippen LogP contribution is -2.10. The second kappa shape index (κ2) is 4.29. The lowest BCUT2D eigenvalue weighted by molar-refractivity contribution is 0.898. The van der Waals surface area contributed by atoms with Crippen molar-refractivity contribution in [1.82, 2.24) is 0 Å². The highest BCUT2D eigenvalue weighted by atomic mass is 79.9. The van der Waals surface area contributed by atoms with Gasteiger partial charge in [0.15, 0.2) is 0 Å². The number of nitrogens with zero attached hydrogens (tertiary/aromatic N) is 1. The molecule has 0 fully saturated rings. The summed E-state index contributed by atoms with van der Waals surface area (Å²) in [5.41, 5.74) is 1.56. The van der Waals surface area contributed by atoms with E-state index in [2.05, 4.69) is 27.3 Å². The molecule has 0 aliphatic rings. The van der Waals surface area contributed by atoms with Crippen LogP contribution in [0.2, 0.25) is 0 Å². The molecular formula is C10H11BrN2. The standard InChI is InChI=1S/C10H11BrN2/c1-7(2)13-10-5-9(11)4-3-8(10)6-12/h3-5,7,13H,1-2H3. The lowest BCUT2D eigenvalue weighted by atomic mass is 10.2. The Balaban J connectivity index is 3.03. The Labute approximate surface area is 86.7 Å². The predicted molar refractivity (Wildman–Crippen MR) is 57.6 cm³/mol. The summed E-state index contributed by atoms with van der Waals surface area (Å²) in [7, 11) is 0. The molecule has 0 saturated carbocycles. The SMILES string of the molecule is CC(C)Nc1cc(Br)ccc1C#N. The summed E-state index contributed by atoms with van der Waals surface area (Å²) < 4.78 is 0.981. The predicted octanol–water partition coefficient (Wildman–Crippen LogP) is 3.14. The van der Waals surface area contributed by atoms with Crippen LogP contribution < -0.4 is 5.32 Å². The maximum absolute atomic E-state index is 8.82. The molecule has 68 valence electrons. The largest absolute Gasteiger partial charge is 0.382 e. The summed E-state index contributed by atoms with van der Waals surface area (Å²) in [6, 6.07) is 8.06. The van der Waals surface area contributed by atoms with Gasteiger partial charge in [-0.05, 0) is 32.0 Å². The zero-order valence-corrected chi connectivity index (χ0v) is 9.22. The molecule has 0 aliphatic heterocycles. The normalized spacial score (nSPS) is 9.77. The summed E-state index contributed by atoms with van der Waals surface area (Å²) in [4.78, 5) is 0. The molecule has 0 heterocycles. The Morgan fingerprint density at radius 1 is 1.46 bits per heavy atom. The van der Waals surface area contributed by atoms with E-state index in [4.69, 9.17) is 5.26 Å². The first-order valence-corrected chi connectivity index (χ1v) is 4.89. The average Bonchev–Trinajstić information content (AvgIpc) is 2.03. The van der Waals surface area contributed by atoms with Crippen molar-refractivity contribution in [2.45, 2.75) is 19.9 Å². The maximum Gasteiger partial charge on any atom is 0.101 e. The highest BCUT2D eigenvalue weighted by Gasteiger charge is 2.02. The molecule has 0 aromatic heterocycles. The number of nitrogens with one attached hydrogen (secondary N) is 1. The molecule has 1 N–H and O–H groups in total. The van der Waals surface area contributed by atoms with E-state index >= 15 is 0 Å². The zero-order chi connectivity index (χ0) is 9.84. The van der Waals surface area contributed by atoms with Gasteiger partial charge in [0.2, 0.25) is 0 Å². The smallest absolute Gasteiger partial charge is 0.101 e. The number of halogens is 1. The number of rotatable bonds is 2. The van der Waals surface area contributed by atoms with Crippen LogP contribution in [0.4, 0.5) is 5.69 Å². The van der Waals surface area contributed by atoms with Gasteiger partial charge in [-0.1, -0.05) is 15.9 Å². The summed E-state index contributed by atoms with van der Waals surface area (Å²) in [6.07, 6.45) is 0. The Bertz CT molecular complexity index is 339. The molecule has 1 rings (SSSR count). The molecule has 0 unspecified atom stereocenters. The average molecular weight is 239 g/mol. The third-order valence-corrected chi connectivity index (χ3v) is 2.04. The van der Waals surface area contributed by atoms with Crippen LogP contribution in [0.15, 0.2) is 22.7 Å². The van der Waals surface area contributed by atoms with Crippen molar-refractivity contribution in [1.29, 1.82) is 5.26 Å². The maximum atomic E-state index is 8.82. The van der Waals surface area contributed by atoms with Crippen LogP contribution in [0, 0.1) is 11.3 Å². The Morgan fingerprint density at radius 3 is 2.69 bits per heavy atom. The van der Waals surface area contributed by atoms with E-state index < -0.39 is 0 Å². The molecule has 13 heavy (non-hydrogen) atoms. The van der Waals surface area contributed by atoms with Crippen molar-refractivity contribution in [2.75, 3.05) is 5.32 Å². The number of anilines is 1. The zero-order valence-electron chi connectivity index (χ0n) is 7.63. The molecule has 0 bridgehead atoms. The quantitative estimate of drug-likeness (QED) is 0.860. The number of hydrogen-bond donors (Lipinski definition) is 1. The summed E-state index contributed by atoms with van der Waals surface area (Å²) in [5, 5.41) is 12.0. The second-order valence-electron chi connectivity index (χ2n) is 3.10. The molecule has 0 radical (unpaired) electrons. The van der Waals surface area contributed by atoms with Gasteiger partial charge in [-0.25, -0.2) is 0 Å². The van der Waals surface area contributed by atoms with Gasteiger partial charge in [-0.2, -0.15) is 5.26 Å². The van der Waals surface area contributed by atoms with Crippen LogP contribution >= 0.6 is 15.9 Å². The van der Waals surface area contributed by atoms with E-state index in [9.17, 15) is 0 Å². The fourth-order valence-corrected chi connectivity index (χ4v) is 1.41. The molecule has 0 spiro atoms. The molecule has 2 nitrogen and oxygen atoms in total. The van der Waals surface area contributed by atoms with Crippen molar-refractivity contribution in [3.63, 3.8) is 0 Å².